The van der Waals surface area contributed by atoms with Crippen LogP contribution < -0.4 is 0 Å². The Hall–Kier alpha value is -0.820. The molecule has 0 spiro atoms. The van der Waals surface area contributed by atoms with E-state index in [1.54, 1.807) is 5.56 Å². The highest BCUT2D eigenvalue weighted by Crippen LogP contribution is 2.60. The molecular weight excluding hydrogens is 232 g/mol. The Kier molecular flexibility index (Phi) is 2.57. The van der Waals surface area contributed by atoms with Gasteiger partial charge in [-0.15, -0.1) is 0 Å². The molecule has 19 heavy (non-hydrogen) atoms. The maximum absolute atomic E-state index is 10.7. The molecule has 4 rings (SSSR count). The molecule has 1 aromatic rings. The van der Waals surface area contributed by atoms with Crippen LogP contribution in [0.5, 0.6) is 0 Å². The van der Waals surface area contributed by atoms with Crippen molar-refractivity contribution in [3.05, 3.63) is 35.4 Å². The summed E-state index contributed by atoms with van der Waals surface area (Å²) in [6, 6.07) is 8.83. The van der Waals surface area contributed by atoms with Crippen LogP contribution >= 0.6 is 0 Å². The minimum absolute atomic E-state index is 0.109. The van der Waals surface area contributed by atoms with Crippen LogP contribution in [0.3, 0.4) is 0 Å². The predicted octanol–water partition coefficient (Wildman–Crippen LogP) is 3.90. The zero-order valence-corrected chi connectivity index (χ0v) is 11.8. The van der Waals surface area contributed by atoms with Crippen molar-refractivity contribution in [2.45, 2.75) is 57.5 Å². The zero-order valence-electron chi connectivity index (χ0n) is 11.8. The van der Waals surface area contributed by atoms with Crippen LogP contribution in [0.25, 0.3) is 0 Å². The average Bonchev–Trinajstić information content (AvgIpc) is 2.80. The molecule has 0 radical (unpaired) electrons. The van der Waals surface area contributed by atoms with Crippen LogP contribution in [0.2, 0.25) is 0 Å². The van der Waals surface area contributed by atoms with E-state index in [0.29, 0.717) is 17.3 Å². The Morgan fingerprint density at radius 3 is 2.89 bits per heavy atom. The topological polar surface area (TPSA) is 20.2 Å². The van der Waals surface area contributed by atoms with Gasteiger partial charge in [-0.05, 0) is 66.4 Å². The molecule has 0 aromatic heterocycles. The average molecular weight is 256 g/mol. The Morgan fingerprint density at radius 1 is 1.16 bits per heavy atom. The standard InChI is InChI=1S/C18H24O/c1-18-9-4-7-15(18)17-14(8-10-18)13-6-3-2-5-12(13)11-16(17)19/h2-3,5-6,14-17,19H,4,7-11H2,1H3/t14-,15+,16+,17-,18+/m1/s1. The highest BCUT2D eigenvalue weighted by Gasteiger charge is 2.52. The molecule has 0 aliphatic heterocycles. The zero-order chi connectivity index (χ0) is 13.0. The molecule has 2 saturated carbocycles. The summed E-state index contributed by atoms with van der Waals surface area (Å²) in [6.07, 6.45) is 7.52. The summed E-state index contributed by atoms with van der Waals surface area (Å²) in [4.78, 5) is 0. The SMILES string of the molecule is C[C@@]12CCC[C@H]1[C@H]1[C@H](CC2)c2ccccc2C[C@@H]1O. The van der Waals surface area contributed by atoms with Gasteiger partial charge in [0.05, 0.1) is 6.10 Å². The molecule has 0 bridgehead atoms. The smallest absolute Gasteiger partial charge is 0.0617 e. The predicted molar refractivity (Wildman–Crippen MR) is 77.1 cm³/mol. The third-order valence-electron chi connectivity index (χ3n) is 6.44. The molecule has 3 aliphatic carbocycles. The van der Waals surface area contributed by atoms with Gasteiger partial charge in [-0.3, -0.25) is 0 Å². The molecule has 2 fully saturated rings. The van der Waals surface area contributed by atoms with E-state index in [1.807, 2.05) is 0 Å². The van der Waals surface area contributed by atoms with Crippen LogP contribution in [-0.2, 0) is 6.42 Å². The minimum Gasteiger partial charge on any atom is -0.392 e. The first kappa shape index (κ1) is 12.0. The Bertz CT molecular complexity index is 494. The van der Waals surface area contributed by atoms with E-state index in [-0.39, 0.29) is 6.10 Å². The van der Waals surface area contributed by atoms with E-state index < -0.39 is 0 Å². The van der Waals surface area contributed by atoms with Gasteiger partial charge in [0.25, 0.3) is 0 Å². The largest absolute Gasteiger partial charge is 0.392 e. The maximum atomic E-state index is 10.7. The second-order valence-corrected chi connectivity index (χ2v) is 7.35. The Morgan fingerprint density at radius 2 is 2.00 bits per heavy atom. The second-order valence-electron chi connectivity index (χ2n) is 7.35. The van der Waals surface area contributed by atoms with Crippen LogP contribution in [0.4, 0.5) is 0 Å². The quantitative estimate of drug-likeness (QED) is 0.746. The highest BCUT2D eigenvalue weighted by molar-refractivity contribution is 5.36. The van der Waals surface area contributed by atoms with Crippen LogP contribution in [-0.4, -0.2) is 11.2 Å². The van der Waals surface area contributed by atoms with E-state index in [2.05, 4.69) is 31.2 Å². The lowest BCUT2D eigenvalue weighted by Crippen LogP contribution is -2.46. The number of benzene rings is 1. The molecule has 1 N–H and O–H groups in total. The summed E-state index contributed by atoms with van der Waals surface area (Å²) in [7, 11) is 0. The Balaban J connectivity index is 1.77. The molecule has 5 atom stereocenters. The van der Waals surface area contributed by atoms with Crippen molar-refractivity contribution in [2.75, 3.05) is 0 Å². The van der Waals surface area contributed by atoms with Gasteiger partial charge in [-0.25, -0.2) is 0 Å². The number of aliphatic hydroxyl groups is 1. The number of hydrogen-bond acceptors (Lipinski definition) is 1. The minimum atomic E-state index is -0.109. The lowest BCUT2D eigenvalue weighted by atomic mass is 9.55. The first-order valence-electron chi connectivity index (χ1n) is 7.95. The van der Waals surface area contributed by atoms with E-state index in [4.69, 9.17) is 0 Å². The second kappa shape index (κ2) is 4.09. The summed E-state index contributed by atoms with van der Waals surface area (Å²) in [5.74, 6) is 1.90. The first-order valence-corrected chi connectivity index (χ1v) is 7.95. The molecule has 1 nitrogen and oxygen atoms in total. The summed E-state index contributed by atoms with van der Waals surface area (Å²) < 4.78 is 0. The van der Waals surface area contributed by atoms with Gasteiger partial charge in [0.2, 0.25) is 0 Å². The van der Waals surface area contributed by atoms with Crippen LogP contribution in [0.1, 0.15) is 56.1 Å². The van der Waals surface area contributed by atoms with E-state index in [1.165, 1.54) is 37.7 Å². The van der Waals surface area contributed by atoms with Gasteiger partial charge in [-0.1, -0.05) is 37.6 Å². The van der Waals surface area contributed by atoms with Crippen molar-refractivity contribution >= 4 is 0 Å². The van der Waals surface area contributed by atoms with E-state index >= 15 is 0 Å². The van der Waals surface area contributed by atoms with Gasteiger partial charge in [0, 0.05) is 0 Å². The van der Waals surface area contributed by atoms with Crippen molar-refractivity contribution in [1.82, 2.24) is 0 Å². The molecule has 1 aromatic carbocycles. The molecule has 0 saturated heterocycles. The first-order chi connectivity index (χ1) is 9.19. The lowest BCUT2D eigenvalue weighted by Gasteiger charge is -2.51. The normalized spacial score (nSPS) is 44.3. The molecule has 0 heterocycles. The molecular formula is C18H24O. The number of fused-ring (bicyclic) bond motifs is 5. The Labute approximate surface area is 116 Å². The summed E-state index contributed by atoms with van der Waals surface area (Å²) in [5.41, 5.74) is 3.47. The van der Waals surface area contributed by atoms with Crippen molar-refractivity contribution in [3.63, 3.8) is 0 Å². The van der Waals surface area contributed by atoms with Gasteiger partial charge < -0.3 is 5.11 Å². The van der Waals surface area contributed by atoms with Crippen molar-refractivity contribution in [2.24, 2.45) is 17.3 Å². The van der Waals surface area contributed by atoms with E-state index in [9.17, 15) is 5.11 Å². The van der Waals surface area contributed by atoms with Crippen LogP contribution in [0.15, 0.2) is 24.3 Å². The monoisotopic (exact) mass is 256 g/mol. The molecule has 0 unspecified atom stereocenters. The number of rotatable bonds is 0. The number of aliphatic hydroxyl groups excluding tert-OH is 1. The summed E-state index contributed by atoms with van der Waals surface area (Å²) in [6.45, 7) is 2.48. The van der Waals surface area contributed by atoms with Crippen molar-refractivity contribution in [1.29, 1.82) is 0 Å². The maximum Gasteiger partial charge on any atom is 0.0617 e. The number of hydrogen-bond donors (Lipinski definition) is 1. The van der Waals surface area contributed by atoms with Gasteiger partial charge in [-0.2, -0.15) is 0 Å². The molecule has 3 aliphatic rings. The van der Waals surface area contributed by atoms with Crippen molar-refractivity contribution < 1.29 is 5.11 Å². The van der Waals surface area contributed by atoms with Gasteiger partial charge in [0.1, 0.15) is 0 Å². The summed E-state index contributed by atoms with van der Waals surface area (Å²) in [5, 5.41) is 10.7. The summed E-state index contributed by atoms with van der Waals surface area (Å²) >= 11 is 0. The fourth-order valence-electron chi connectivity index (χ4n) is 5.53. The van der Waals surface area contributed by atoms with Gasteiger partial charge in [0.15, 0.2) is 0 Å². The highest BCUT2D eigenvalue weighted by atomic mass is 16.3. The fourth-order valence-corrected chi connectivity index (χ4v) is 5.53. The molecule has 1 heteroatoms. The fraction of sp³-hybridized carbons (Fsp3) is 0.667. The third-order valence-corrected chi connectivity index (χ3v) is 6.44. The van der Waals surface area contributed by atoms with Crippen LogP contribution in [0, 0.1) is 17.3 Å². The van der Waals surface area contributed by atoms with Gasteiger partial charge >= 0.3 is 0 Å². The van der Waals surface area contributed by atoms with E-state index in [0.717, 1.165) is 12.3 Å². The third kappa shape index (κ3) is 1.64. The lowest BCUT2D eigenvalue weighted by molar-refractivity contribution is -0.0251. The van der Waals surface area contributed by atoms with Crippen molar-refractivity contribution in [3.8, 4) is 0 Å². The molecule has 0 amide bonds. The molecule has 102 valence electrons.